The predicted molar refractivity (Wildman–Crippen MR) is 127 cm³/mol. The molecule has 158 valence electrons. The number of hydrogen-bond acceptors (Lipinski definition) is 4. The minimum atomic E-state index is -0.254. The summed E-state index contributed by atoms with van der Waals surface area (Å²) in [4.78, 5) is 12.9. The molecule has 0 aliphatic rings. The first-order valence-corrected chi connectivity index (χ1v) is 10.6. The first-order valence-electron chi connectivity index (χ1n) is 9.86. The SMILES string of the molecule is O=c1c(Oc2ccc3ccccc3c2)coc2cc(OCc3ccc(Cl)c(Cl)c3)ccc12. The molecule has 0 N–H and O–H groups in total. The van der Waals surface area contributed by atoms with Gasteiger partial charge in [0, 0.05) is 6.07 Å². The van der Waals surface area contributed by atoms with Gasteiger partial charge < -0.3 is 13.9 Å². The first kappa shape index (κ1) is 20.4. The van der Waals surface area contributed by atoms with Crippen LogP contribution < -0.4 is 14.9 Å². The second-order valence-corrected chi connectivity index (χ2v) is 8.05. The molecule has 4 aromatic carbocycles. The van der Waals surface area contributed by atoms with Crippen LogP contribution in [0.4, 0.5) is 0 Å². The van der Waals surface area contributed by atoms with E-state index in [2.05, 4.69) is 0 Å². The smallest absolute Gasteiger partial charge is 0.235 e. The molecule has 0 amide bonds. The van der Waals surface area contributed by atoms with Gasteiger partial charge in [-0.25, -0.2) is 0 Å². The van der Waals surface area contributed by atoms with E-state index in [1.165, 1.54) is 6.26 Å². The highest BCUT2D eigenvalue weighted by Crippen LogP contribution is 2.27. The summed E-state index contributed by atoms with van der Waals surface area (Å²) in [5.41, 5.74) is 1.03. The normalized spacial score (nSPS) is 11.1. The highest BCUT2D eigenvalue weighted by Gasteiger charge is 2.11. The molecular formula is C26H16Cl2O4. The van der Waals surface area contributed by atoms with Crippen LogP contribution in [0.3, 0.4) is 0 Å². The van der Waals surface area contributed by atoms with Crippen molar-refractivity contribution in [1.82, 2.24) is 0 Å². The van der Waals surface area contributed by atoms with Gasteiger partial charge in [0.05, 0.1) is 15.4 Å². The van der Waals surface area contributed by atoms with Crippen LogP contribution in [-0.2, 0) is 6.61 Å². The predicted octanol–water partition coefficient (Wildman–Crippen LogP) is 7.62. The van der Waals surface area contributed by atoms with E-state index >= 15 is 0 Å². The third-order valence-corrected chi connectivity index (χ3v) is 5.79. The van der Waals surface area contributed by atoms with Crippen LogP contribution >= 0.6 is 23.2 Å². The van der Waals surface area contributed by atoms with Crippen molar-refractivity contribution in [3.8, 4) is 17.2 Å². The molecule has 4 nitrogen and oxygen atoms in total. The molecule has 0 unspecified atom stereocenters. The number of fused-ring (bicyclic) bond motifs is 2. The minimum absolute atomic E-state index is 0.122. The lowest BCUT2D eigenvalue weighted by Gasteiger charge is -2.09. The van der Waals surface area contributed by atoms with Crippen molar-refractivity contribution >= 4 is 44.9 Å². The molecular weight excluding hydrogens is 447 g/mol. The second-order valence-electron chi connectivity index (χ2n) is 7.24. The Hall–Kier alpha value is -3.47. The van der Waals surface area contributed by atoms with Crippen molar-refractivity contribution < 1.29 is 13.9 Å². The summed E-state index contributed by atoms with van der Waals surface area (Å²) in [5.74, 6) is 1.25. The molecule has 1 aromatic heterocycles. The van der Waals surface area contributed by atoms with Crippen molar-refractivity contribution in [2.45, 2.75) is 6.61 Å². The Bertz CT molecular complexity index is 1510. The molecule has 0 fully saturated rings. The lowest BCUT2D eigenvalue weighted by Crippen LogP contribution is -2.05. The fraction of sp³-hybridized carbons (Fsp3) is 0.0385. The van der Waals surface area contributed by atoms with Gasteiger partial charge in [0.15, 0.2) is 0 Å². The van der Waals surface area contributed by atoms with Crippen LogP contribution in [0.2, 0.25) is 10.0 Å². The van der Waals surface area contributed by atoms with Gasteiger partial charge in [-0.2, -0.15) is 0 Å². The fourth-order valence-electron chi connectivity index (χ4n) is 3.41. The molecule has 0 aliphatic heterocycles. The van der Waals surface area contributed by atoms with Gasteiger partial charge >= 0.3 is 0 Å². The summed E-state index contributed by atoms with van der Waals surface area (Å²) < 4.78 is 17.3. The lowest BCUT2D eigenvalue weighted by molar-refractivity contribution is 0.306. The zero-order valence-electron chi connectivity index (χ0n) is 16.7. The Labute approximate surface area is 193 Å². The molecule has 0 bridgehead atoms. The zero-order chi connectivity index (χ0) is 22.1. The monoisotopic (exact) mass is 462 g/mol. The molecule has 5 aromatic rings. The van der Waals surface area contributed by atoms with Crippen LogP contribution in [0.5, 0.6) is 17.2 Å². The molecule has 0 saturated heterocycles. The first-order chi connectivity index (χ1) is 15.6. The zero-order valence-corrected chi connectivity index (χ0v) is 18.2. The Morgan fingerprint density at radius 3 is 2.44 bits per heavy atom. The van der Waals surface area contributed by atoms with Crippen LogP contribution in [0.1, 0.15) is 5.56 Å². The van der Waals surface area contributed by atoms with E-state index in [9.17, 15) is 4.79 Å². The number of halogens is 2. The third-order valence-electron chi connectivity index (χ3n) is 5.05. The quantitative estimate of drug-likeness (QED) is 0.269. The van der Waals surface area contributed by atoms with E-state index in [0.717, 1.165) is 16.3 Å². The van der Waals surface area contributed by atoms with Crippen LogP contribution in [0.15, 0.2) is 94.3 Å². The molecule has 0 spiro atoms. The molecule has 32 heavy (non-hydrogen) atoms. The maximum atomic E-state index is 12.9. The van der Waals surface area contributed by atoms with Crippen molar-refractivity contribution in [1.29, 1.82) is 0 Å². The van der Waals surface area contributed by atoms with Gasteiger partial charge in [0.25, 0.3) is 0 Å². The van der Waals surface area contributed by atoms with E-state index in [1.807, 2.05) is 48.5 Å². The number of benzene rings is 4. The fourth-order valence-corrected chi connectivity index (χ4v) is 3.73. The van der Waals surface area contributed by atoms with Crippen LogP contribution in [0, 0.1) is 0 Å². The van der Waals surface area contributed by atoms with E-state index in [-0.39, 0.29) is 11.2 Å². The summed E-state index contributed by atoms with van der Waals surface area (Å²) >= 11 is 12.0. The van der Waals surface area contributed by atoms with Gasteiger partial charge in [0.1, 0.15) is 30.0 Å². The highest BCUT2D eigenvalue weighted by atomic mass is 35.5. The minimum Gasteiger partial charge on any atom is -0.489 e. The van der Waals surface area contributed by atoms with E-state index < -0.39 is 0 Å². The molecule has 1 heterocycles. The van der Waals surface area contributed by atoms with Crippen molar-refractivity contribution in [2.24, 2.45) is 0 Å². The van der Waals surface area contributed by atoms with Crippen LogP contribution in [0.25, 0.3) is 21.7 Å². The summed E-state index contributed by atoms with van der Waals surface area (Å²) in [5, 5.41) is 3.49. The average molecular weight is 463 g/mol. The third kappa shape index (κ3) is 4.15. The Morgan fingerprint density at radius 2 is 1.59 bits per heavy atom. The maximum Gasteiger partial charge on any atom is 0.235 e. The van der Waals surface area contributed by atoms with Crippen molar-refractivity contribution in [3.63, 3.8) is 0 Å². The van der Waals surface area contributed by atoms with Gasteiger partial charge in [-0.3, -0.25) is 4.79 Å². The van der Waals surface area contributed by atoms with Crippen LogP contribution in [-0.4, -0.2) is 0 Å². The van der Waals surface area contributed by atoms with Crippen molar-refractivity contribution in [3.05, 3.63) is 111 Å². The topological polar surface area (TPSA) is 48.7 Å². The van der Waals surface area contributed by atoms with Gasteiger partial charge in [-0.15, -0.1) is 0 Å². The summed E-state index contributed by atoms with van der Waals surface area (Å²) in [6, 6.07) is 24.0. The maximum absolute atomic E-state index is 12.9. The molecule has 5 rings (SSSR count). The number of rotatable bonds is 5. The average Bonchev–Trinajstić information content (AvgIpc) is 2.81. The molecule has 0 atom stereocenters. The lowest BCUT2D eigenvalue weighted by atomic mass is 10.1. The molecule has 6 heteroatoms. The van der Waals surface area contributed by atoms with Gasteiger partial charge in [-0.05, 0) is 52.7 Å². The van der Waals surface area contributed by atoms with Crippen molar-refractivity contribution in [2.75, 3.05) is 0 Å². The van der Waals surface area contributed by atoms with Gasteiger partial charge in [-0.1, -0.05) is 59.6 Å². The molecule has 0 saturated carbocycles. The summed E-state index contributed by atoms with van der Waals surface area (Å²) in [6.07, 6.45) is 1.32. The molecule has 0 radical (unpaired) electrons. The number of hydrogen-bond donors (Lipinski definition) is 0. The van der Waals surface area contributed by atoms with E-state index in [1.54, 1.807) is 30.3 Å². The van der Waals surface area contributed by atoms with E-state index in [4.69, 9.17) is 37.1 Å². The Balaban J connectivity index is 1.37. The Kier molecular flexibility index (Phi) is 5.48. The van der Waals surface area contributed by atoms with Gasteiger partial charge in [0.2, 0.25) is 11.2 Å². The molecule has 0 aliphatic carbocycles. The summed E-state index contributed by atoms with van der Waals surface area (Å²) in [7, 11) is 0. The summed E-state index contributed by atoms with van der Waals surface area (Å²) in [6.45, 7) is 0.301. The Morgan fingerprint density at radius 1 is 0.781 bits per heavy atom. The highest BCUT2D eigenvalue weighted by molar-refractivity contribution is 6.42. The number of ether oxygens (including phenoxy) is 2. The second kappa shape index (κ2) is 8.58. The van der Waals surface area contributed by atoms with E-state index in [0.29, 0.717) is 39.1 Å². The standard InChI is InChI=1S/C26H16Cl2O4/c27-22-10-5-16(11-23(22)28)14-30-19-8-9-21-24(13-19)31-15-25(26(21)29)32-20-7-6-17-3-1-2-4-18(17)12-20/h1-13,15H,14H2. The largest absolute Gasteiger partial charge is 0.489 e.